The smallest absolute Gasteiger partial charge is 0.126 e. The molecular weight excluding hydrogens is 283 g/mol. The van der Waals surface area contributed by atoms with Crippen LogP contribution in [0.3, 0.4) is 0 Å². The van der Waals surface area contributed by atoms with E-state index in [0.717, 1.165) is 15.5 Å². The molecule has 0 amide bonds. The fourth-order valence-corrected chi connectivity index (χ4v) is 2.83. The van der Waals surface area contributed by atoms with E-state index in [0.29, 0.717) is 10.6 Å². The van der Waals surface area contributed by atoms with E-state index in [4.69, 9.17) is 17.3 Å². The number of nitrogens with two attached hydrogens (primary N) is 1. The van der Waals surface area contributed by atoms with Crippen LogP contribution in [0.4, 0.5) is 4.39 Å². The Bertz CT molecular complexity index is 585. The van der Waals surface area contributed by atoms with Gasteiger partial charge in [0, 0.05) is 17.1 Å². The van der Waals surface area contributed by atoms with E-state index >= 15 is 0 Å². The SMILES string of the molecule is Cc1cc(Sc2ccc(Cl)cn2)c(C(C)N)cc1F. The van der Waals surface area contributed by atoms with Crippen molar-refractivity contribution in [2.24, 2.45) is 5.73 Å². The minimum absolute atomic E-state index is 0.232. The quantitative estimate of drug-likeness (QED) is 0.915. The molecule has 2 N–H and O–H groups in total. The lowest BCUT2D eigenvalue weighted by molar-refractivity contribution is 0.610. The first-order valence-electron chi connectivity index (χ1n) is 5.82. The summed E-state index contributed by atoms with van der Waals surface area (Å²) in [7, 11) is 0. The number of pyridine rings is 1. The normalized spacial score (nSPS) is 12.5. The van der Waals surface area contributed by atoms with Gasteiger partial charge in [-0.3, -0.25) is 0 Å². The van der Waals surface area contributed by atoms with Crippen molar-refractivity contribution in [2.45, 2.75) is 29.8 Å². The highest BCUT2D eigenvalue weighted by Crippen LogP contribution is 2.33. The zero-order valence-corrected chi connectivity index (χ0v) is 12.2. The summed E-state index contributed by atoms with van der Waals surface area (Å²) < 4.78 is 13.6. The average molecular weight is 297 g/mol. The summed E-state index contributed by atoms with van der Waals surface area (Å²) in [6.07, 6.45) is 1.59. The molecule has 5 heteroatoms. The summed E-state index contributed by atoms with van der Waals surface area (Å²) >= 11 is 7.26. The Balaban J connectivity index is 2.38. The summed E-state index contributed by atoms with van der Waals surface area (Å²) in [5.74, 6) is -0.235. The second-order valence-electron chi connectivity index (χ2n) is 4.34. The highest BCUT2D eigenvalue weighted by molar-refractivity contribution is 7.99. The van der Waals surface area contributed by atoms with Crippen LogP contribution < -0.4 is 5.73 Å². The molecule has 0 spiro atoms. The third-order valence-corrected chi connectivity index (χ3v) is 3.94. The second-order valence-corrected chi connectivity index (χ2v) is 5.84. The van der Waals surface area contributed by atoms with Gasteiger partial charge in [-0.1, -0.05) is 23.4 Å². The number of benzene rings is 1. The topological polar surface area (TPSA) is 38.9 Å². The van der Waals surface area contributed by atoms with Gasteiger partial charge in [0.05, 0.1) is 5.02 Å². The Hall–Kier alpha value is -1.10. The lowest BCUT2D eigenvalue weighted by Crippen LogP contribution is -2.07. The molecule has 0 aliphatic carbocycles. The third-order valence-electron chi connectivity index (χ3n) is 2.70. The van der Waals surface area contributed by atoms with E-state index in [2.05, 4.69) is 4.98 Å². The summed E-state index contributed by atoms with van der Waals surface area (Å²) in [4.78, 5) is 5.14. The largest absolute Gasteiger partial charge is 0.324 e. The van der Waals surface area contributed by atoms with Crippen LogP contribution in [0.2, 0.25) is 5.02 Å². The van der Waals surface area contributed by atoms with Crippen LogP contribution in [-0.4, -0.2) is 4.98 Å². The number of halogens is 2. The van der Waals surface area contributed by atoms with Crippen LogP contribution in [0.1, 0.15) is 24.1 Å². The van der Waals surface area contributed by atoms with E-state index in [1.165, 1.54) is 17.8 Å². The van der Waals surface area contributed by atoms with Crippen molar-refractivity contribution in [3.8, 4) is 0 Å². The molecule has 100 valence electrons. The molecule has 1 aromatic carbocycles. The van der Waals surface area contributed by atoms with Crippen LogP contribution in [0.15, 0.2) is 40.4 Å². The molecule has 1 heterocycles. The van der Waals surface area contributed by atoms with Crippen molar-refractivity contribution in [1.29, 1.82) is 0 Å². The molecule has 0 aliphatic rings. The molecule has 0 saturated carbocycles. The third kappa shape index (κ3) is 3.47. The molecule has 2 aromatic rings. The van der Waals surface area contributed by atoms with Gasteiger partial charge in [-0.25, -0.2) is 9.37 Å². The van der Waals surface area contributed by atoms with E-state index in [-0.39, 0.29) is 11.9 Å². The zero-order chi connectivity index (χ0) is 14.0. The number of nitrogens with zero attached hydrogens (tertiary/aromatic N) is 1. The van der Waals surface area contributed by atoms with Gasteiger partial charge in [-0.05, 0) is 49.2 Å². The van der Waals surface area contributed by atoms with Crippen LogP contribution >= 0.6 is 23.4 Å². The van der Waals surface area contributed by atoms with Crippen molar-refractivity contribution >= 4 is 23.4 Å². The highest BCUT2D eigenvalue weighted by Gasteiger charge is 2.12. The highest BCUT2D eigenvalue weighted by atomic mass is 35.5. The molecule has 1 unspecified atom stereocenters. The lowest BCUT2D eigenvalue weighted by atomic mass is 10.1. The van der Waals surface area contributed by atoms with Gasteiger partial charge in [0.2, 0.25) is 0 Å². The molecule has 2 rings (SSSR count). The van der Waals surface area contributed by atoms with Crippen LogP contribution in [-0.2, 0) is 0 Å². The Morgan fingerprint density at radius 2 is 2.11 bits per heavy atom. The Morgan fingerprint density at radius 3 is 2.68 bits per heavy atom. The van der Waals surface area contributed by atoms with Crippen LogP contribution in [0.5, 0.6) is 0 Å². The van der Waals surface area contributed by atoms with Gasteiger partial charge in [-0.2, -0.15) is 0 Å². The first-order chi connectivity index (χ1) is 8.97. The summed E-state index contributed by atoms with van der Waals surface area (Å²) in [6, 6.07) is 6.67. The molecule has 19 heavy (non-hydrogen) atoms. The van der Waals surface area contributed by atoms with Gasteiger partial charge < -0.3 is 5.73 Å². The minimum atomic E-state index is -0.235. The van der Waals surface area contributed by atoms with Crippen molar-refractivity contribution in [2.75, 3.05) is 0 Å². The summed E-state index contributed by atoms with van der Waals surface area (Å²) in [5.41, 5.74) is 7.27. The van der Waals surface area contributed by atoms with Crippen molar-refractivity contribution < 1.29 is 4.39 Å². The standard InChI is InChI=1S/C14H14ClFN2S/c1-8-5-13(11(9(2)17)6-12(8)16)19-14-4-3-10(15)7-18-14/h3-7,9H,17H2,1-2H3. The van der Waals surface area contributed by atoms with Gasteiger partial charge in [-0.15, -0.1) is 0 Å². The van der Waals surface area contributed by atoms with E-state index in [1.807, 2.05) is 13.0 Å². The molecule has 0 fully saturated rings. The molecule has 1 atom stereocenters. The van der Waals surface area contributed by atoms with Crippen molar-refractivity contribution in [3.63, 3.8) is 0 Å². The zero-order valence-electron chi connectivity index (χ0n) is 10.7. The average Bonchev–Trinajstić information content (AvgIpc) is 2.36. The maximum atomic E-state index is 13.6. The number of hydrogen-bond acceptors (Lipinski definition) is 3. The number of aryl methyl sites for hydroxylation is 1. The van der Waals surface area contributed by atoms with E-state index in [9.17, 15) is 4.39 Å². The molecule has 1 aromatic heterocycles. The molecule has 0 aliphatic heterocycles. The molecule has 0 radical (unpaired) electrons. The maximum absolute atomic E-state index is 13.6. The maximum Gasteiger partial charge on any atom is 0.126 e. The van der Waals surface area contributed by atoms with Gasteiger partial charge in [0.25, 0.3) is 0 Å². The number of rotatable bonds is 3. The summed E-state index contributed by atoms with van der Waals surface area (Å²) in [5, 5.41) is 1.39. The van der Waals surface area contributed by atoms with Crippen molar-refractivity contribution in [1.82, 2.24) is 4.98 Å². The fraction of sp³-hybridized carbons (Fsp3) is 0.214. The predicted molar refractivity (Wildman–Crippen MR) is 77.1 cm³/mol. The molecule has 0 saturated heterocycles. The first kappa shape index (κ1) is 14.3. The monoisotopic (exact) mass is 296 g/mol. The Kier molecular flexibility index (Phi) is 4.45. The predicted octanol–water partition coefficient (Wildman–Crippen LogP) is 4.35. The fourth-order valence-electron chi connectivity index (χ4n) is 1.65. The lowest BCUT2D eigenvalue weighted by Gasteiger charge is -2.13. The Labute approximate surface area is 121 Å². The van der Waals surface area contributed by atoms with E-state index < -0.39 is 0 Å². The minimum Gasteiger partial charge on any atom is -0.324 e. The Morgan fingerprint density at radius 1 is 1.37 bits per heavy atom. The van der Waals surface area contributed by atoms with Crippen molar-refractivity contribution in [3.05, 3.63) is 52.4 Å². The van der Waals surface area contributed by atoms with Gasteiger partial charge >= 0.3 is 0 Å². The number of aromatic nitrogens is 1. The first-order valence-corrected chi connectivity index (χ1v) is 7.02. The van der Waals surface area contributed by atoms with Crippen LogP contribution in [0, 0.1) is 12.7 Å². The van der Waals surface area contributed by atoms with Gasteiger partial charge in [0.15, 0.2) is 0 Å². The summed E-state index contributed by atoms with van der Waals surface area (Å²) in [6.45, 7) is 3.57. The second kappa shape index (κ2) is 5.90. The molecule has 2 nitrogen and oxygen atoms in total. The van der Waals surface area contributed by atoms with Gasteiger partial charge in [0.1, 0.15) is 10.8 Å². The number of hydrogen-bond donors (Lipinski definition) is 1. The molecular formula is C14H14ClFN2S. The van der Waals surface area contributed by atoms with E-state index in [1.54, 1.807) is 25.3 Å². The van der Waals surface area contributed by atoms with Crippen LogP contribution in [0.25, 0.3) is 0 Å². The molecule has 0 bridgehead atoms.